The van der Waals surface area contributed by atoms with Gasteiger partial charge >= 0.3 is 6.18 Å². The van der Waals surface area contributed by atoms with Gasteiger partial charge in [-0.25, -0.2) is 0 Å². The largest absolute Gasteiger partial charge is 0.421 e. The third-order valence-corrected chi connectivity index (χ3v) is 6.87. The number of halogens is 4. The Labute approximate surface area is 185 Å². The fraction of sp³-hybridized carbons (Fsp3) is 0.174. The van der Waals surface area contributed by atoms with E-state index in [4.69, 9.17) is 17.3 Å². The van der Waals surface area contributed by atoms with E-state index in [-0.39, 0.29) is 5.56 Å². The Hall–Kier alpha value is -2.45. The van der Waals surface area contributed by atoms with Crippen molar-refractivity contribution in [3.63, 3.8) is 0 Å². The lowest BCUT2D eigenvalue weighted by Crippen LogP contribution is -2.39. The Morgan fingerprint density at radius 2 is 1.81 bits per heavy atom. The molecule has 4 rings (SSSR count). The van der Waals surface area contributed by atoms with Crippen molar-refractivity contribution in [2.45, 2.75) is 24.7 Å². The second-order valence-corrected chi connectivity index (χ2v) is 8.86. The fourth-order valence-corrected chi connectivity index (χ4v) is 4.82. The third kappa shape index (κ3) is 3.94. The number of aliphatic hydroxyl groups is 1. The van der Waals surface area contributed by atoms with Crippen molar-refractivity contribution in [2.24, 2.45) is 5.73 Å². The van der Waals surface area contributed by atoms with Gasteiger partial charge in [0.25, 0.3) is 0 Å². The molecule has 3 N–H and O–H groups in total. The van der Waals surface area contributed by atoms with E-state index >= 15 is 0 Å². The van der Waals surface area contributed by atoms with Crippen LogP contribution in [0.25, 0.3) is 21.3 Å². The van der Waals surface area contributed by atoms with Crippen LogP contribution in [0.3, 0.4) is 0 Å². The minimum Gasteiger partial charge on any atom is -0.376 e. The van der Waals surface area contributed by atoms with Crippen LogP contribution in [-0.2, 0) is 5.60 Å². The number of thiophene rings is 1. The first-order valence-corrected chi connectivity index (χ1v) is 10.6. The summed E-state index contributed by atoms with van der Waals surface area (Å²) in [6.07, 6.45) is -3.54. The highest BCUT2D eigenvalue weighted by atomic mass is 35.5. The number of hydrogen-bond donors (Lipinski definition) is 2. The average molecular weight is 463 g/mol. The second-order valence-electron chi connectivity index (χ2n) is 7.37. The summed E-state index contributed by atoms with van der Waals surface area (Å²) >= 11 is 7.73. The Bertz CT molecular complexity index is 1250. The zero-order chi connectivity index (χ0) is 22.4. The maximum Gasteiger partial charge on any atom is 0.421 e. The molecule has 0 unspecified atom stereocenters. The summed E-state index contributed by atoms with van der Waals surface area (Å²) in [4.78, 5) is 5.13. The monoisotopic (exact) mass is 462 g/mol. The highest BCUT2D eigenvalue weighted by Crippen LogP contribution is 2.41. The molecular formula is C23H18ClF3N2OS. The van der Waals surface area contributed by atoms with E-state index < -0.39 is 17.8 Å². The lowest BCUT2D eigenvalue weighted by Gasteiger charge is -2.26. The molecule has 2 aromatic carbocycles. The smallest absolute Gasteiger partial charge is 0.376 e. The van der Waals surface area contributed by atoms with Crippen LogP contribution in [0.15, 0.2) is 66.9 Å². The molecule has 0 saturated carbocycles. The molecule has 0 spiro atoms. The molecular weight excluding hydrogens is 445 g/mol. The number of fused-ring (bicyclic) bond motifs is 1. The molecule has 0 amide bonds. The Morgan fingerprint density at radius 3 is 2.52 bits per heavy atom. The molecule has 2 aromatic heterocycles. The SMILES string of the molecule is C[C@](O)(c1ccnc(-c2cccc3cc([C@@H](N)c4ccccc4Cl)sc23)c1)C(F)(F)F. The van der Waals surface area contributed by atoms with Gasteiger partial charge in [0.05, 0.1) is 11.7 Å². The summed E-state index contributed by atoms with van der Waals surface area (Å²) in [6, 6.07) is 16.8. The maximum atomic E-state index is 13.3. The Balaban J connectivity index is 1.80. The third-order valence-electron chi connectivity index (χ3n) is 5.26. The summed E-state index contributed by atoms with van der Waals surface area (Å²) in [5.74, 6) is 0. The average Bonchev–Trinajstić information content (AvgIpc) is 3.17. The number of nitrogens with two attached hydrogens (primary N) is 1. The molecule has 0 aliphatic heterocycles. The van der Waals surface area contributed by atoms with Crippen LogP contribution >= 0.6 is 22.9 Å². The van der Waals surface area contributed by atoms with Gasteiger partial charge in [0.1, 0.15) is 0 Å². The van der Waals surface area contributed by atoms with Gasteiger partial charge in [-0.05, 0) is 47.7 Å². The minimum atomic E-state index is -4.81. The minimum absolute atomic E-state index is 0.272. The van der Waals surface area contributed by atoms with Crippen LogP contribution in [0.1, 0.15) is 29.0 Å². The van der Waals surface area contributed by atoms with Gasteiger partial charge in [-0.3, -0.25) is 4.98 Å². The molecule has 0 saturated heterocycles. The fourth-order valence-electron chi connectivity index (χ4n) is 3.36. The van der Waals surface area contributed by atoms with Gasteiger partial charge in [-0.1, -0.05) is 48.0 Å². The summed E-state index contributed by atoms with van der Waals surface area (Å²) in [7, 11) is 0. The quantitative estimate of drug-likeness (QED) is 0.367. The van der Waals surface area contributed by atoms with Gasteiger partial charge in [0, 0.05) is 26.4 Å². The normalized spacial score (nSPS) is 15.1. The summed E-state index contributed by atoms with van der Waals surface area (Å²) in [5.41, 5.74) is 5.00. The summed E-state index contributed by atoms with van der Waals surface area (Å²) in [6.45, 7) is 0.735. The van der Waals surface area contributed by atoms with Gasteiger partial charge in [-0.15, -0.1) is 11.3 Å². The number of aromatic nitrogens is 1. The van der Waals surface area contributed by atoms with E-state index in [1.165, 1.54) is 29.7 Å². The standard InChI is InChI=1S/C23H18ClF3N2OS/c1-22(30,23(25,26)27)14-9-10-29-18(12-14)16-7-4-5-13-11-19(31-21(13)16)20(28)15-6-2-3-8-17(15)24/h2-12,20,30H,28H2,1H3/t20-,22-/m0/s1. The number of rotatable bonds is 4. The van der Waals surface area contributed by atoms with Crippen LogP contribution < -0.4 is 5.73 Å². The van der Waals surface area contributed by atoms with Crippen molar-refractivity contribution in [3.8, 4) is 11.3 Å². The van der Waals surface area contributed by atoms with Crippen LogP contribution in [0, 0.1) is 0 Å². The molecule has 31 heavy (non-hydrogen) atoms. The highest BCUT2D eigenvalue weighted by Gasteiger charge is 2.51. The van der Waals surface area contributed by atoms with E-state index in [1.54, 1.807) is 12.1 Å². The molecule has 0 fully saturated rings. The highest BCUT2D eigenvalue weighted by molar-refractivity contribution is 7.19. The molecule has 0 radical (unpaired) electrons. The topological polar surface area (TPSA) is 59.1 Å². The van der Waals surface area contributed by atoms with E-state index in [0.29, 0.717) is 16.3 Å². The zero-order valence-corrected chi connectivity index (χ0v) is 17.9. The first-order valence-electron chi connectivity index (χ1n) is 9.38. The summed E-state index contributed by atoms with van der Waals surface area (Å²) in [5, 5.41) is 11.5. The van der Waals surface area contributed by atoms with E-state index in [1.807, 2.05) is 36.4 Å². The molecule has 0 bridgehead atoms. The van der Waals surface area contributed by atoms with Gasteiger partial charge < -0.3 is 10.8 Å². The van der Waals surface area contributed by atoms with E-state index in [0.717, 1.165) is 27.5 Å². The van der Waals surface area contributed by atoms with Crippen molar-refractivity contribution < 1.29 is 18.3 Å². The molecule has 0 aliphatic rings. The van der Waals surface area contributed by atoms with Gasteiger partial charge in [0.15, 0.2) is 5.60 Å². The van der Waals surface area contributed by atoms with Gasteiger partial charge in [0.2, 0.25) is 0 Å². The van der Waals surface area contributed by atoms with Crippen LogP contribution in [0.4, 0.5) is 13.2 Å². The van der Waals surface area contributed by atoms with Crippen LogP contribution in [-0.4, -0.2) is 16.3 Å². The molecule has 8 heteroatoms. The number of pyridine rings is 1. The number of alkyl halides is 3. The van der Waals surface area contributed by atoms with Crippen molar-refractivity contribution in [1.82, 2.24) is 4.98 Å². The first-order chi connectivity index (χ1) is 14.6. The van der Waals surface area contributed by atoms with Crippen molar-refractivity contribution in [3.05, 3.63) is 87.9 Å². The second kappa shape index (κ2) is 7.91. The Morgan fingerprint density at radius 1 is 1.06 bits per heavy atom. The molecule has 2 atom stereocenters. The van der Waals surface area contributed by atoms with Crippen molar-refractivity contribution >= 4 is 33.0 Å². The van der Waals surface area contributed by atoms with Gasteiger partial charge in [-0.2, -0.15) is 13.2 Å². The van der Waals surface area contributed by atoms with E-state index in [2.05, 4.69) is 4.98 Å². The van der Waals surface area contributed by atoms with Crippen LogP contribution in [0.2, 0.25) is 5.02 Å². The maximum absolute atomic E-state index is 13.3. The van der Waals surface area contributed by atoms with E-state index in [9.17, 15) is 18.3 Å². The van der Waals surface area contributed by atoms with Crippen molar-refractivity contribution in [2.75, 3.05) is 0 Å². The molecule has 3 nitrogen and oxygen atoms in total. The lowest BCUT2D eigenvalue weighted by atomic mass is 9.94. The molecule has 0 aliphatic carbocycles. The number of hydrogen-bond acceptors (Lipinski definition) is 4. The zero-order valence-electron chi connectivity index (χ0n) is 16.3. The van der Waals surface area contributed by atoms with Crippen molar-refractivity contribution in [1.29, 1.82) is 0 Å². The predicted molar refractivity (Wildman–Crippen MR) is 118 cm³/mol. The number of benzene rings is 2. The summed E-state index contributed by atoms with van der Waals surface area (Å²) < 4.78 is 40.7. The molecule has 160 valence electrons. The predicted octanol–water partition coefficient (Wildman–Crippen LogP) is 6.43. The first kappa shape index (κ1) is 21.8. The Kier molecular flexibility index (Phi) is 5.55. The van der Waals surface area contributed by atoms with Crippen LogP contribution in [0.5, 0.6) is 0 Å². The lowest BCUT2D eigenvalue weighted by molar-refractivity contribution is -0.258. The molecule has 2 heterocycles. The molecule has 4 aromatic rings. The number of nitrogens with zero attached hydrogens (tertiary/aromatic N) is 1.